The number of rotatable bonds is 8. The molecule has 1 heterocycles. The molecular formula is C29H40N2O. The Morgan fingerprint density at radius 1 is 1.06 bits per heavy atom. The van der Waals surface area contributed by atoms with E-state index in [1.165, 1.54) is 75.7 Å². The standard InChI is InChI=1S/C29H40N2O/c1-22-20-31(15-7-10-23-8-4-3-5-9-23)27-17-26(30(2)21-24-13-14-24)18-29(22,19-27)25-11-6-12-28(32)16-25/h3-6,8-9,11-12,16,22,24,26-27,32H,7,10,13-15,17-21H2,1-2H3/t22?,26-,27+,29+/m0/s1. The maximum atomic E-state index is 10.3. The van der Waals surface area contributed by atoms with E-state index in [9.17, 15) is 5.11 Å². The van der Waals surface area contributed by atoms with Crippen molar-refractivity contribution in [3.05, 3.63) is 65.7 Å². The molecule has 1 unspecified atom stereocenters. The van der Waals surface area contributed by atoms with E-state index in [0.717, 1.165) is 5.92 Å². The van der Waals surface area contributed by atoms with Crippen LogP contribution >= 0.6 is 0 Å². The fourth-order valence-corrected chi connectivity index (χ4v) is 6.69. The van der Waals surface area contributed by atoms with Gasteiger partial charge in [0.25, 0.3) is 0 Å². The molecule has 0 aromatic heterocycles. The van der Waals surface area contributed by atoms with Gasteiger partial charge in [-0.15, -0.1) is 0 Å². The van der Waals surface area contributed by atoms with Crippen molar-refractivity contribution < 1.29 is 5.11 Å². The molecule has 3 nitrogen and oxygen atoms in total. The van der Waals surface area contributed by atoms with Gasteiger partial charge in [-0.25, -0.2) is 0 Å². The smallest absolute Gasteiger partial charge is 0.115 e. The summed E-state index contributed by atoms with van der Waals surface area (Å²) >= 11 is 0. The average Bonchev–Trinajstić information content (AvgIpc) is 3.62. The lowest BCUT2D eigenvalue weighted by atomic mass is 9.57. The number of aryl methyl sites for hydroxylation is 1. The number of phenols is 1. The molecule has 0 spiro atoms. The first-order chi connectivity index (χ1) is 15.5. The number of fused-ring (bicyclic) bond motifs is 2. The van der Waals surface area contributed by atoms with Crippen molar-refractivity contribution in [2.75, 3.05) is 26.7 Å². The zero-order valence-corrected chi connectivity index (χ0v) is 19.9. The number of benzene rings is 2. The summed E-state index contributed by atoms with van der Waals surface area (Å²) in [6, 6.07) is 20.4. The molecule has 2 saturated carbocycles. The van der Waals surface area contributed by atoms with E-state index in [4.69, 9.17) is 0 Å². The van der Waals surface area contributed by atoms with E-state index in [1.807, 2.05) is 12.1 Å². The van der Waals surface area contributed by atoms with Crippen LogP contribution in [0.5, 0.6) is 5.75 Å². The highest BCUT2D eigenvalue weighted by molar-refractivity contribution is 5.36. The Hall–Kier alpha value is -1.84. The van der Waals surface area contributed by atoms with Gasteiger partial charge in [-0.05, 0) is 93.6 Å². The lowest BCUT2D eigenvalue weighted by Crippen LogP contribution is -2.61. The molecule has 1 saturated heterocycles. The van der Waals surface area contributed by atoms with Crippen LogP contribution in [-0.4, -0.2) is 53.7 Å². The molecule has 0 radical (unpaired) electrons. The summed E-state index contributed by atoms with van der Waals surface area (Å²) < 4.78 is 0. The van der Waals surface area contributed by atoms with Crippen LogP contribution in [0.1, 0.15) is 56.6 Å². The van der Waals surface area contributed by atoms with Crippen LogP contribution in [-0.2, 0) is 11.8 Å². The number of piperidine rings is 1. The fraction of sp³-hybridized carbons (Fsp3) is 0.586. The highest BCUT2D eigenvalue weighted by Gasteiger charge is 2.51. The highest BCUT2D eigenvalue weighted by Crippen LogP contribution is 2.51. The minimum atomic E-state index is 0.181. The number of hydrogen-bond donors (Lipinski definition) is 1. The third-order valence-electron chi connectivity index (χ3n) is 8.75. The molecule has 0 amide bonds. The van der Waals surface area contributed by atoms with Crippen molar-refractivity contribution in [3.8, 4) is 5.75 Å². The number of likely N-dealkylation sites (tertiary alicyclic amines) is 1. The summed E-state index contributed by atoms with van der Waals surface area (Å²) in [6.07, 6.45) is 8.99. The summed E-state index contributed by atoms with van der Waals surface area (Å²) in [4.78, 5) is 5.49. The first-order valence-corrected chi connectivity index (χ1v) is 12.8. The number of nitrogens with zero attached hydrogens (tertiary/aromatic N) is 2. The predicted molar refractivity (Wildman–Crippen MR) is 132 cm³/mol. The van der Waals surface area contributed by atoms with Gasteiger partial charge in [0.1, 0.15) is 5.75 Å². The van der Waals surface area contributed by atoms with Crippen molar-refractivity contribution in [1.82, 2.24) is 9.80 Å². The topological polar surface area (TPSA) is 26.7 Å². The Balaban J connectivity index is 1.35. The second-order valence-electron chi connectivity index (χ2n) is 11.0. The van der Waals surface area contributed by atoms with Crippen LogP contribution in [0.3, 0.4) is 0 Å². The van der Waals surface area contributed by atoms with Crippen molar-refractivity contribution in [1.29, 1.82) is 0 Å². The van der Waals surface area contributed by atoms with Gasteiger partial charge in [0.15, 0.2) is 0 Å². The summed E-state index contributed by atoms with van der Waals surface area (Å²) in [5, 5.41) is 10.3. The maximum absolute atomic E-state index is 10.3. The third-order valence-corrected chi connectivity index (χ3v) is 8.75. The van der Waals surface area contributed by atoms with E-state index in [-0.39, 0.29) is 5.41 Å². The molecule has 4 atom stereocenters. The SMILES string of the molecule is CC1CN(CCCc2ccccc2)[C@@H]2C[C@H](N(C)CC3CC3)C[C@@]1(c1cccc(O)c1)C2. The zero-order chi connectivity index (χ0) is 22.1. The van der Waals surface area contributed by atoms with Gasteiger partial charge in [-0.2, -0.15) is 0 Å². The van der Waals surface area contributed by atoms with Gasteiger partial charge in [0.05, 0.1) is 0 Å². The quantitative estimate of drug-likeness (QED) is 0.598. The molecule has 2 aliphatic carbocycles. The Morgan fingerprint density at radius 2 is 1.88 bits per heavy atom. The Bertz CT molecular complexity index is 895. The first-order valence-electron chi connectivity index (χ1n) is 12.8. The van der Waals surface area contributed by atoms with E-state index >= 15 is 0 Å². The minimum Gasteiger partial charge on any atom is -0.508 e. The highest BCUT2D eigenvalue weighted by atomic mass is 16.3. The van der Waals surface area contributed by atoms with E-state index < -0.39 is 0 Å². The monoisotopic (exact) mass is 432 g/mol. The lowest BCUT2D eigenvalue weighted by molar-refractivity contribution is -0.0261. The normalized spacial score (nSPS) is 30.5. The van der Waals surface area contributed by atoms with Crippen molar-refractivity contribution in [3.63, 3.8) is 0 Å². The first kappa shape index (κ1) is 22.0. The lowest BCUT2D eigenvalue weighted by Gasteiger charge is -2.58. The van der Waals surface area contributed by atoms with Crippen LogP contribution in [0.25, 0.3) is 0 Å². The third kappa shape index (κ3) is 4.61. The summed E-state index contributed by atoms with van der Waals surface area (Å²) in [5.74, 6) is 1.94. The van der Waals surface area contributed by atoms with Crippen LogP contribution in [0.15, 0.2) is 54.6 Å². The van der Waals surface area contributed by atoms with E-state index in [0.29, 0.717) is 23.8 Å². The van der Waals surface area contributed by atoms with Gasteiger partial charge in [0, 0.05) is 30.6 Å². The molecule has 2 aromatic carbocycles. The molecule has 3 fully saturated rings. The molecule has 172 valence electrons. The number of phenolic OH excluding ortho intramolecular Hbond substituents is 1. The van der Waals surface area contributed by atoms with E-state index in [2.05, 4.69) is 66.2 Å². The Kier molecular flexibility index (Phi) is 6.31. The molecule has 1 aliphatic heterocycles. The second kappa shape index (κ2) is 9.19. The largest absolute Gasteiger partial charge is 0.508 e. The molecule has 2 aromatic rings. The summed E-state index contributed by atoms with van der Waals surface area (Å²) in [7, 11) is 2.37. The van der Waals surface area contributed by atoms with Gasteiger partial charge in [-0.3, -0.25) is 4.90 Å². The van der Waals surface area contributed by atoms with Crippen LogP contribution in [0.4, 0.5) is 0 Å². The number of hydrogen-bond acceptors (Lipinski definition) is 3. The van der Waals surface area contributed by atoms with Gasteiger partial charge in [-0.1, -0.05) is 49.4 Å². The van der Waals surface area contributed by atoms with Crippen LogP contribution in [0.2, 0.25) is 0 Å². The molecule has 32 heavy (non-hydrogen) atoms. The minimum absolute atomic E-state index is 0.181. The van der Waals surface area contributed by atoms with Gasteiger partial charge < -0.3 is 10.0 Å². The summed E-state index contributed by atoms with van der Waals surface area (Å²) in [6.45, 7) is 6.09. The van der Waals surface area contributed by atoms with Crippen LogP contribution in [0, 0.1) is 11.8 Å². The maximum Gasteiger partial charge on any atom is 0.115 e. The van der Waals surface area contributed by atoms with Crippen molar-refractivity contribution >= 4 is 0 Å². The Morgan fingerprint density at radius 3 is 2.62 bits per heavy atom. The second-order valence-corrected chi connectivity index (χ2v) is 11.0. The Labute approximate surface area is 194 Å². The molecular weight excluding hydrogens is 392 g/mol. The van der Waals surface area contributed by atoms with Crippen molar-refractivity contribution in [2.45, 2.75) is 69.4 Å². The van der Waals surface area contributed by atoms with Gasteiger partial charge >= 0.3 is 0 Å². The van der Waals surface area contributed by atoms with Crippen molar-refractivity contribution in [2.24, 2.45) is 11.8 Å². The predicted octanol–water partition coefficient (Wildman–Crippen LogP) is 5.48. The molecule has 3 heteroatoms. The molecule has 2 bridgehead atoms. The fourth-order valence-electron chi connectivity index (χ4n) is 6.69. The average molecular weight is 433 g/mol. The zero-order valence-electron chi connectivity index (χ0n) is 19.9. The van der Waals surface area contributed by atoms with Gasteiger partial charge in [0.2, 0.25) is 0 Å². The molecule has 1 N–H and O–H groups in total. The molecule has 3 aliphatic rings. The summed E-state index contributed by atoms with van der Waals surface area (Å²) in [5.41, 5.74) is 3.00. The van der Waals surface area contributed by atoms with E-state index in [1.54, 1.807) is 0 Å². The van der Waals surface area contributed by atoms with Crippen LogP contribution < -0.4 is 0 Å². The molecule has 5 rings (SSSR count). The number of aromatic hydroxyl groups is 1.